The molecule has 4 N–H and O–H groups in total. The SMILES string of the molecule is O=C(O)CN1CCN(CC(=O)O)CCN([C@H](CCC(=O)Oc2c(Cl)cccc2Cl)C(=O)O)CCN(CC(=O)O)CC1. The normalized spacial score (nSPS) is 17.6. The van der Waals surface area contributed by atoms with Crippen LogP contribution in [0.4, 0.5) is 0 Å². The zero-order chi connectivity index (χ0) is 30.5. The summed E-state index contributed by atoms with van der Waals surface area (Å²) in [6.07, 6.45) is -0.447. The average molecular weight is 621 g/mol. The number of carbonyl (C=O) groups is 5. The molecule has 0 bridgehead atoms. The van der Waals surface area contributed by atoms with E-state index < -0.39 is 35.9 Å². The molecule has 0 saturated carbocycles. The Morgan fingerprint density at radius 2 is 1.10 bits per heavy atom. The van der Waals surface area contributed by atoms with Gasteiger partial charge in [0.25, 0.3) is 0 Å². The van der Waals surface area contributed by atoms with E-state index in [9.17, 15) is 44.4 Å². The van der Waals surface area contributed by atoms with E-state index in [1.54, 1.807) is 25.7 Å². The molecule has 1 fully saturated rings. The number of aliphatic carboxylic acids is 4. The number of esters is 1. The van der Waals surface area contributed by atoms with E-state index in [0.717, 1.165) is 0 Å². The van der Waals surface area contributed by atoms with Crippen molar-refractivity contribution >= 4 is 53.0 Å². The fraction of sp³-hybridized carbons (Fsp3) is 0.560. The summed E-state index contributed by atoms with van der Waals surface area (Å²) in [5, 5.41) is 38.2. The molecular weight excluding hydrogens is 587 g/mol. The van der Waals surface area contributed by atoms with E-state index in [1.807, 2.05) is 0 Å². The van der Waals surface area contributed by atoms with Crippen LogP contribution in [0.3, 0.4) is 0 Å². The molecule has 0 aromatic heterocycles. The van der Waals surface area contributed by atoms with Gasteiger partial charge in [-0.05, 0) is 18.6 Å². The summed E-state index contributed by atoms with van der Waals surface area (Å²) in [5.74, 6) is -5.28. The van der Waals surface area contributed by atoms with Gasteiger partial charge in [-0.3, -0.25) is 43.6 Å². The van der Waals surface area contributed by atoms with Crippen LogP contribution in [0.5, 0.6) is 5.75 Å². The Labute approximate surface area is 246 Å². The van der Waals surface area contributed by atoms with Gasteiger partial charge in [0, 0.05) is 58.8 Å². The van der Waals surface area contributed by atoms with Gasteiger partial charge in [0.05, 0.1) is 29.7 Å². The molecule has 228 valence electrons. The van der Waals surface area contributed by atoms with Gasteiger partial charge < -0.3 is 25.2 Å². The second-order valence-corrected chi connectivity index (χ2v) is 10.3. The van der Waals surface area contributed by atoms with E-state index in [0.29, 0.717) is 0 Å². The maximum atomic E-state index is 12.5. The third-order valence-electron chi connectivity index (χ3n) is 6.43. The van der Waals surface area contributed by atoms with Crippen LogP contribution < -0.4 is 4.74 Å². The molecule has 16 heteroatoms. The lowest BCUT2D eigenvalue weighted by molar-refractivity contribution is -0.145. The quantitative estimate of drug-likeness (QED) is 0.188. The number of carbonyl (C=O) groups excluding carboxylic acids is 1. The molecule has 1 saturated heterocycles. The van der Waals surface area contributed by atoms with Gasteiger partial charge in [0.2, 0.25) is 0 Å². The molecule has 1 aliphatic heterocycles. The predicted molar refractivity (Wildman–Crippen MR) is 147 cm³/mol. The maximum absolute atomic E-state index is 12.5. The Hall–Kier alpha value is -3.01. The fourth-order valence-corrected chi connectivity index (χ4v) is 4.85. The summed E-state index contributed by atoms with van der Waals surface area (Å²) in [4.78, 5) is 65.4. The first-order chi connectivity index (χ1) is 19.3. The summed E-state index contributed by atoms with van der Waals surface area (Å²) in [6, 6.07) is 3.37. The number of nitrogens with zero attached hydrogens (tertiary/aromatic N) is 4. The average Bonchev–Trinajstić information content (AvgIpc) is 2.86. The molecule has 1 heterocycles. The highest BCUT2D eigenvalue weighted by atomic mass is 35.5. The summed E-state index contributed by atoms with van der Waals surface area (Å²) in [6.45, 7) is 0.258. The summed E-state index contributed by atoms with van der Waals surface area (Å²) in [5.41, 5.74) is 0. The van der Waals surface area contributed by atoms with E-state index in [-0.39, 0.29) is 101 Å². The van der Waals surface area contributed by atoms with Gasteiger partial charge in [-0.2, -0.15) is 0 Å². The Morgan fingerprint density at radius 3 is 1.46 bits per heavy atom. The third kappa shape index (κ3) is 12.6. The van der Waals surface area contributed by atoms with Crippen LogP contribution in [0.1, 0.15) is 12.8 Å². The number of para-hydroxylation sites is 1. The van der Waals surface area contributed by atoms with E-state index >= 15 is 0 Å². The summed E-state index contributed by atoms with van der Waals surface area (Å²) in [7, 11) is 0. The minimum absolute atomic E-state index is 0.0374. The van der Waals surface area contributed by atoms with Crippen molar-refractivity contribution in [3.05, 3.63) is 28.2 Å². The van der Waals surface area contributed by atoms with Crippen molar-refractivity contribution in [2.24, 2.45) is 0 Å². The second kappa shape index (κ2) is 17.1. The van der Waals surface area contributed by atoms with Gasteiger partial charge in [0.15, 0.2) is 5.75 Å². The highest BCUT2D eigenvalue weighted by molar-refractivity contribution is 6.37. The minimum Gasteiger partial charge on any atom is -0.480 e. The van der Waals surface area contributed by atoms with E-state index in [2.05, 4.69) is 0 Å². The smallest absolute Gasteiger partial charge is 0.320 e. The number of ether oxygens (including phenoxy) is 1. The molecule has 14 nitrogen and oxygen atoms in total. The molecule has 0 amide bonds. The van der Waals surface area contributed by atoms with Crippen molar-refractivity contribution in [3.8, 4) is 5.75 Å². The standard InChI is InChI=1S/C25H34Cl2N4O10/c26-17-2-1-3-18(27)24(17)41-23(38)5-4-19(25(39)40)31-12-10-29(15-21(34)35)8-6-28(14-20(32)33)7-9-30(11-13-31)16-22(36)37/h1-3,19H,4-16H2,(H,32,33)(H,34,35)(H,36,37)(H,39,40)/t19-/m1/s1. The highest BCUT2D eigenvalue weighted by Gasteiger charge is 2.29. The first-order valence-electron chi connectivity index (χ1n) is 12.8. The lowest BCUT2D eigenvalue weighted by Crippen LogP contribution is -2.52. The molecule has 0 spiro atoms. The van der Waals surface area contributed by atoms with Crippen molar-refractivity contribution in [1.29, 1.82) is 0 Å². The predicted octanol–water partition coefficient (Wildman–Crippen LogP) is 0.608. The molecular formula is C25H34Cl2N4O10. The molecule has 2 rings (SSSR count). The lowest BCUT2D eigenvalue weighted by atomic mass is 10.1. The molecule has 1 aromatic rings. The number of rotatable bonds is 12. The van der Waals surface area contributed by atoms with Crippen molar-refractivity contribution in [2.45, 2.75) is 18.9 Å². The maximum Gasteiger partial charge on any atom is 0.320 e. The van der Waals surface area contributed by atoms with E-state index in [4.69, 9.17) is 27.9 Å². The molecule has 0 radical (unpaired) electrons. The van der Waals surface area contributed by atoms with Crippen molar-refractivity contribution in [2.75, 3.05) is 72.0 Å². The zero-order valence-corrected chi connectivity index (χ0v) is 23.8. The third-order valence-corrected chi connectivity index (χ3v) is 7.03. The molecule has 0 aliphatic carbocycles. The number of hydrogen-bond donors (Lipinski definition) is 4. The van der Waals surface area contributed by atoms with Gasteiger partial charge in [-0.15, -0.1) is 0 Å². The Balaban J connectivity index is 2.21. The van der Waals surface area contributed by atoms with Crippen molar-refractivity contribution in [1.82, 2.24) is 19.6 Å². The van der Waals surface area contributed by atoms with Crippen LogP contribution in [0.2, 0.25) is 10.0 Å². The fourth-order valence-electron chi connectivity index (χ4n) is 4.37. The first kappa shape index (κ1) is 34.2. The molecule has 1 aliphatic rings. The van der Waals surface area contributed by atoms with E-state index in [1.165, 1.54) is 12.1 Å². The molecule has 1 atom stereocenters. The van der Waals surface area contributed by atoms with Crippen LogP contribution in [0, 0.1) is 0 Å². The first-order valence-corrected chi connectivity index (χ1v) is 13.5. The van der Waals surface area contributed by atoms with Crippen LogP contribution in [0.25, 0.3) is 0 Å². The summed E-state index contributed by atoms with van der Waals surface area (Å²) >= 11 is 12.1. The van der Waals surface area contributed by atoms with Crippen LogP contribution >= 0.6 is 23.2 Å². The van der Waals surface area contributed by atoms with Gasteiger partial charge in [0.1, 0.15) is 6.04 Å². The van der Waals surface area contributed by atoms with Gasteiger partial charge >= 0.3 is 29.8 Å². The Morgan fingerprint density at radius 1 is 0.707 bits per heavy atom. The number of benzene rings is 1. The highest BCUT2D eigenvalue weighted by Crippen LogP contribution is 2.32. The Bertz CT molecular complexity index is 1040. The largest absolute Gasteiger partial charge is 0.480 e. The number of hydrogen-bond acceptors (Lipinski definition) is 10. The minimum atomic E-state index is -1.22. The van der Waals surface area contributed by atoms with Crippen molar-refractivity contribution < 1.29 is 49.1 Å². The van der Waals surface area contributed by atoms with Crippen LogP contribution in [-0.2, 0) is 24.0 Å². The second-order valence-electron chi connectivity index (χ2n) is 9.46. The summed E-state index contributed by atoms with van der Waals surface area (Å²) < 4.78 is 5.26. The number of halogens is 2. The van der Waals surface area contributed by atoms with Crippen LogP contribution in [0.15, 0.2) is 18.2 Å². The number of carboxylic acid groups (broad SMARTS) is 4. The van der Waals surface area contributed by atoms with Crippen molar-refractivity contribution in [3.63, 3.8) is 0 Å². The monoisotopic (exact) mass is 620 g/mol. The van der Waals surface area contributed by atoms with Gasteiger partial charge in [-0.25, -0.2) is 0 Å². The molecule has 0 unspecified atom stereocenters. The molecule has 1 aromatic carbocycles. The Kier molecular flexibility index (Phi) is 14.2. The van der Waals surface area contributed by atoms with Gasteiger partial charge in [-0.1, -0.05) is 29.3 Å². The number of carboxylic acids is 4. The molecule has 41 heavy (non-hydrogen) atoms. The topological polar surface area (TPSA) is 188 Å². The zero-order valence-electron chi connectivity index (χ0n) is 22.3. The lowest BCUT2D eigenvalue weighted by Gasteiger charge is -2.35. The van der Waals surface area contributed by atoms with Crippen LogP contribution in [-0.4, -0.2) is 148 Å².